The molecule has 1 fully saturated rings. The molecule has 3 aromatic rings. The summed E-state index contributed by atoms with van der Waals surface area (Å²) in [7, 11) is 0. The highest BCUT2D eigenvalue weighted by molar-refractivity contribution is 6.30. The zero-order chi connectivity index (χ0) is 34.1. The number of piperazine rings is 1. The van der Waals surface area contributed by atoms with Gasteiger partial charge in [-0.3, -0.25) is 19.6 Å². The van der Waals surface area contributed by atoms with Crippen molar-refractivity contribution in [3.05, 3.63) is 99.0 Å². The molecule has 0 radical (unpaired) electrons. The van der Waals surface area contributed by atoms with Gasteiger partial charge in [-0.15, -0.1) is 12.4 Å². The van der Waals surface area contributed by atoms with E-state index in [9.17, 15) is 9.59 Å². The van der Waals surface area contributed by atoms with E-state index in [1.807, 2.05) is 92.1 Å². The van der Waals surface area contributed by atoms with Crippen LogP contribution < -0.4 is 4.74 Å². The third kappa shape index (κ3) is 9.18. The second-order valence-corrected chi connectivity index (χ2v) is 15.3. The predicted molar refractivity (Wildman–Crippen MR) is 205 cm³/mol. The normalized spacial score (nSPS) is 18.3. The van der Waals surface area contributed by atoms with Crippen molar-refractivity contribution in [2.45, 2.75) is 73.4 Å². The van der Waals surface area contributed by atoms with Gasteiger partial charge in [0.15, 0.2) is 5.78 Å². The number of benzene rings is 3. The van der Waals surface area contributed by atoms with Gasteiger partial charge in [-0.1, -0.05) is 103 Å². The minimum absolute atomic E-state index is 0. The predicted octanol–water partition coefficient (Wildman–Crippen LogP) is 9.65. The lowest BCUT2D eigenvalue weighted by Gasteiger charge is -2.39. The summed E-state index contributed by atoms with van der Waals surface area (Å²) >= 11 is 12.6. The van der Waals surface area contributed by atoms with Crippen molar-refractivity contribution < 1.29 is 14.3 Å². The van der Waals surface area contributed by atoms with Crippen LogP contribution in [0.25, 0.3) is 0 Å². The van der Waals surface area contributed by atoms with Gasteiger partial charge in [-0.25, -0.2) is 4.79 Å². The Morgan fingerprint density at radius 2 is 1.39 bits per heavy atom. The molecule has 49 heavy (non-hydrogen) atoms. The molecule has 2 amide bonds. The second-order valence-electron chi connectivity index (χ2n) is 14.4. The Kier molecular flexibility index (Phi) is 13.4. The summed E-state index contributed by atoms with van der Waals surface area (Å²) in [6.07, 6.45) is 0. The molecule has 2 aliphatic heterocycles. The summed E-state index contributed by atoms with van der Waals surface area (Å²) in [4.78, 5) is 38.8. The molecular formula is C39H51Cl3N4O3. The third-order valence-electron chi connectivity index (χ3n) is 8.93. The summed E-state index contributed by atoms with van der Waals surface area (Å²) in [5.41, 5.74) is 3.25. The molecule has 7 nitrogen and oxygen atoms in total. The third-order valence-corrected chi connectivity index (χ3v) is 9.43. The van der Waals surface area contributed by atoms with Crippen molar-refractivity contribution in [1.29, 1.82) is 0 Å². The SMILES string of the molecule is C.CCOc1cc(C(C)(C)C)ccc1C1=N[C@@H](c2ccc(Cl)cc2)[C@@H](c2ccc(Cl)cc2)N1C(=O)N1CCN(CC(=O)C(C)(C)C)CC1.Cl. The van der Waals surface area contributed by atoms with Gasteiger partial charge >= 0.3 is 6.03 Å². The monoisotopic (exact) mass is 728 g/mol. The fraction of sp³-hybridized carbons (Fsp3) is 0.462. The van der Waals surface area contributed by atoms with E-state index in [2.05, 4.69) is 37.8 Å². The van der Waals surface area contributed by atoms with E-state index in [1.165, 1.54) is 0 Å². The van der Waals surface area contributed by atoms with Crippen LogP contribution in [-0.4, -0.2) is 71.7 Å². The van der Waals surface area contributed by atoms with Crippen molar-refractivity contribution in [2.24, 2.45) is 10.4 Å². The first-order chi connectivity index (χ1) is 22.2. The van der Waals surface area contributed by atoms with E-state index < -0.39 is 17.5 Å². The van der Waals surface area contributed by atoms with E-state index in [1.54, 1.807) is 0 Å². The van der Waals surface area contributed by atoms with E-state index in [0.717, 1.165) is 22.3 Å². The van der Waals surface area contributed by atoms with Crippen LogP contribution in [-0.2, 0) is 10.2 Å². The number of halogens is 3. The number of rotatable bonds is 7. The maximum absolute atomic E-state index is 14.8. The summed E-state index contributed by atoms with van der Waals surface area (Å²) in [5, 5.41) is 1.25. The number of hydrogen-bond donors (Lipinski definition) is 0. The number of nitrogens with zero attached hydrogens (tertiary/aromatic N) is 4. The zero-order valence-electron chi connectivity index (χ0n) is 28.9. The van der Waals surface area contributed by atoms with Crippen molar-refractivity contribution >= 4 is 53.3 Å². The topological polar surface area (TPSA) is 65.5 Å². The Balaban J connectivity index is 0.00000325. The van der Waals surface area contributed by atoms with Crippen LogP contribution in [0.1, 0.15) is 90.2 Å². The van der Waals surface area contributed by atoms with Gasteiger partial charge < -0.3 is 9.64 Å². The Morgan fingerprint density at radius 1 is 0.837 bits per heavy atom. The Bertz CT molecular complexity index is 1620. The van der Waals surface area contributed by atoms with Crippen LogP contribution in [0, 0.1) is 5.41 Å². The molecule has 1 saturated heterocycles. The number of Topliss-reactive ketones (excluding diaryl/α,β-unsaturated/α-hetero) is 1. The molecule has 2 heterocycles. The maximum atomic E-state index is 14.8. The van der Waals surface area contributed by atoms with E-state index in [4.69, 9.17) is 32.9 Å². The maximum Gasteiger partial charge on any atom is 0.326 e. The molecule has 2 atom stereocenters. The van der Waals surface area contributed by atoms with Crippen LogP contribution in [0.4, 0.5) is 4.79 Å². The van der Waals surface area contributed by atoms with Gasteiger partial charge in [-0.2, -0.15) is 0 Å². The van der Waals surface area contributed by atoms with Crippen molar-refractivity contribution in [2.75, 3.05) is 39.3 Å². The van der Waals surface area contributed by atoms with Crippen LogP contribution in [0.3, 0.4) is 0 Å². The molecule has 3 aromatic carbocycles. The number of urea groups is 1. The standard InChI is InChI=1S/C38H46Cl2N4O3.CH4.ClH/c1-8-47-31-23-27(37(2,3)4)13-18-30(31)35-41-33(25-9-14-28(39)15-10-25)34(26-11-16-29(40)17-12-26)44(35)36(46)43-21-19-42(20-22-43)24-32(45)38(5,6)7;;/h9-18,23,33-34H,8,19-22,24H2,1-7H3;1H4;1H/t33-,34+;;/m0../s1. The van der Waals surface area contributed by atoms with Gasteiger partial charge in [0.2, 0.25) is 0 Å². The molecule has 2 aliphatic rings. The fourth-order valence-corrected chi connectivity index (χ4v) is 6.24. The number of hydrogen-bond acceptors (Lipinski definition) is 5. The van der Waals surface area contributed by atoms with Crippen LogP contribution in [0.5, 0.6) is 5.75 Å². The molecule has 0 unspecified atom stereocenters. The summed E-state index contributed by atoms with van der Waals surface area (Å²) in [6.45, 7) is 17.4. The largest absolute Gasteiger partial charge is 0.493 e. The second kappa shape index (κ2) is 16.3. The van der Waals surface area contributed by atoms with Crippen molar-refractivity contribution in [1.82, 2.24) is 14.7 Å². The molecule has 0 saturated carbocycles. The van der Waals surface area contributed by atoms with E-state index in [-0.39, 0.29) is 37.1 Å². The number of amides is 2. The fourth-order valence-electron chi connectivity index (χ4n) is 5.99. The van der Waals surface area contributed by atoms with Gasteiger partial charge in [0.1, 0.15) is 17.6 Å². The van der Waals surface area contributed by atoms with Crippen molar-refractivity contribution in [3.8, 4) is 5.75 Å². The number of ketones is 1. The molecule has 0 spiro atoms. The first kappa shape index (κ1) is 40.3. The quantitative estimate of drug-likeness (QED) is 0.243. The average Bonchev–Trinajstić information content (AvgIpc) is 3.41. The molecule has 266 valence electrons. The van der Waals surface area contributed by atoms with Crippen LogP contribution >= 0.6 is 35.6 Å². The number of carbonyl (C=O) groups is 2. The summed E-state index contributed by atoms with van der Waals surface area (Å²) in [6, 6.07) is 20.5. The molecule has 0 N–H and O–H groups in total. The van der Waals surface area contributed by atoms with Gasteiger partial charge in [0.05, 0.1) is 24.8 Å². The average molecular weight is 730 g/mol. The van der Waals surface area contributed by atoms with Crippen LogP contribution in [0.15, 0.2) is 71.7 Å². The molecular weight excluding hydrogens is 679 g/mol. The lowest BCUT2D eigenvalue weighted by atomic mass is 9.86. The Labute approximate surface area is 309 Å². The highest BCUT2D eigenvalue weighted by Gasteiger charge is 2.45. The first-order valence-corrected chi connectivity index (χ1v) is 17.1. The van der Waals surface area contributed by atoms with Crippen LogP contribution in [0.2, 0.25) is 10.0 Å². The van der Waals surface area contributed by atoms with Gasteiger partial charge in [0.25, 0.3) is 0 Å². The molecule has 5 rings (SSSR count). The highest BCUT2D eigenvalue weighted by Crippen LogP contribution is 2.46. The number of carbonyl (C=O) groups excluding carboxylic acids is 2. The van der Waals surface area contributed by atoms with Gasteiger partial charge in [-0.05, 0) is 65.4 Å². The lowest BCUT2D eigenvalue weighted by molar-refractivity contribution is -0.127. The Morgan fingerprint density at radius 3 is 1.90 bits per heavy atom. The summed E-state index contributed by atoms with van der Waals surface area (Å²) < 4.78 is 6.24. The molecule has 10 heteroatoms. The number of aliphatic imine (C=N–C) groups is 1. The van der Waals surface area contributed by atoms with Crippen molar-refractivity contribution in [3.63, 3.8) is 0 Å². The highest BCUT2D eigenvalue weighted by atomic mass is 35.5. The lowest BCUT2D eigenvalue weighted by Crippen LogP contribution is -2.55. The summed E-state index contributed by atoms with van der Waals surface area (Å²) in [5.74, 6) is 1.44. The minimum atomic E-state index is -0.451. The zero-order valence-corrected chi connectivity index (χ0v) is 31.3. The smallest absolute Gasteiger partial charge is 0.326 e. The minimum Gasteiger partial charge on any atom is -0.493 e. The van der Waals surface area contributed by atoms with E-state index in [0.29, 0.717) is 61.0 Å². The molecule has 0 aliphatic carbocycles. The van der Waals surface area contributed by atoms with Gasteiger partial charge in [0, 0.05) is 41.6 Å². The first-order valence-electron chi connectivity index (χ1n) is 16.4. The Hall–Kier alpha value is -3.10. The number of amidine groups is 1. The molecule has 0 aromatic heterocycles. The van der Waals surface area contributed by atoms with E-state index >= 15 is 0 Å². The number of ether oxygens (including phenoxy) is 1. The molecule has 0 bridgehead atoms.